The van der Waals surface area contributed by atoms with E-state index in [-0.39, 0.29) is 0 Å². The molecule has 1 N–H and O–H groups in total. The molecule has 0 aliphatic rings. The van der Waals surface area contributed by atoms with E-state index >= 15 is 0 Å². The molecular weight excluding hydrogens is 174 g/mol. The first kappa shape index (κ1) is 11.1. The molecule has 0 fully saturated rings. The highest BCUT2D eigenvalue weighted by atomic mass is 16.5. The molecule has 0 amide bonds. The predicted octanol–water partition coefficient (Wildman–Crippen LogP) is 2.91. The summed E-state index contributed by atoms with van der Waals surface area (Å²) in [5.41, 5.74) is 1.19. The topological polar surface area (TPSA) is 21.3 Å². The highest BCUT2D eigenvalue weighted by Gasteiger charge is 1.97. The summed E-state index contributed by atoms with van der Waals surface area (Å²) in [7, 11) is 1.76. The average Bonchev–Trinajstić information content (AvgIpc) is 2.25. The second-order valence-electron chi connectivity index (χ2n) is 3.48. The van der Waals surface area contributed by atoms with Gasteiger partial charge in [-0.25, -0.2) is 0 Å². The van der Waals surface area contributed by atoms with Crippen LogP contribution in [0.4, 0.5) is 5.69 Å². The quantitative estimate of drug-likeness (QED) is 0.701. The van der Waals surface area contributed by atoms with Crippen molar-refractivity contribution in [1.29, 1.82) is 0 Å². The molecule has 0 bridgehead atoms. The third-order valence-electron chi connectivity index (χ3n) is 2.29. The minimum absolute atomic E-state index is 0.368. The molecule has 1 aromatic carbocycles. The fraction of sp³-hybridized carbons (Fsp3) is 0.500. The first-order valence-corrected chi connectivity index (χ1v) is 5.14. The fourth-order valence-corrected chi connectivity index (χ4v) is 1.30. The van der Waals surface area contributed by atoms with Crippen LogP contribution in [0, 0.1) is 0 Å². The van der Waals surface area contributed by atoms with Crippen LogP contribution in [0.1, 0.15) is 19.8 Å². The number of rotatable bonds is 6. The van der Waals surface area contributed by atoms with Gasteiger partial charge < -0.3 is 10.1 Å². The Labute approximate surface area is 86.3 Å². The highest BCUT2D eigenvalue weighted by Crippen LogP contribution is 2.06. The molecule has 1 atom stereocenters. The lowest BCUT2D eigenvalue weighted by atomic mass is 10.2. The van der Waals surface area contributed by atoms with Gasteiger partial charge in [-0.1, -0.05) is 18.2 Å². The van der Waals surface area contributed by atoms with Crippen molar-refractivity contribution in [2.75, 3.05) is 19.0 Å². The summed E-state index contributed by atoms with van der Waals surface area (Å²) in [6.07, 6.45) is 2.62. The number of hydrogen-bond donors (Lipinski definition) is 1. The second-order valence-corrected chi connectivity index (χ2v) is 3.48. The fourth-order valence-electron chi connectivity index (χ4n) is 1.30. The molecule has 0 radical (unpaired) electrons. The van der Waals surface area contributed by atoms with Gasteiger partial charge in [0.05, 0.1) is 6.10 Å². The van der Waals surface area contributed by atoms with Crippen LogP contribution in [0.5, 0.6) is 0 Å². The van der Waals surface area contributed by atoms with Gasteiger partial charge >= 0.3 is 0 Å². The second kappa shape index (κ2) is 6.44. The Hall–Kier alpha value is -1.02. The van der Waals surface area contributed by atoms with Crippen LogP contribution >= 0.6 is 0 Å². The molecule has 0 saturated carbocycles. The van der Waals surface area contributed by atoms with E-state index in [4.69, 9.17) is 4.74 Å². The highest BCUT2D eigenvalue weighted by molar-refractivity contribution is 5.42. The number of methoxy groups -OCH3 is 1. The predicted molar refractivity (Wildman–Crippen MR) is 60.6 cm³/mol. The Kier molecular flexibility index (Phi) is 5.08. The van der Waals surface area contributed by atoms with Gasteiger partial charge in [0, 0.05) is 19.3 Å². The average molecular weight is 193 g/mol. The molecule has 1 rings (SSSR count). The standard InChI is InChI=1S/C12H19NO/c1-11(14-2)7-6-10-13-12-8-4-3-5-9-12/h3-5,8-9,11,13H,6-7,10H2,1-2H3. The van der Waals surface area contributed by atoms with Crippen molar-refractivity contribution < 1.29 is 4.74 Å². The molecule has 14 heavy (non-hydrogen) atoms. The van der Waals surface area contributed by atoms with E-state index in [1.54, 1.807) is 7.11 Å². The van der Waals surface area contributed by atoms with E-state index in [0.717, 1.165) is 19.4 Å². The number of nitrogens with one attached hydrogen (secondary N) is 1. The van der Waals surface area contributed by atoms with Crippen LogP contribution in [0.15, 0.2) is 30.3 Å². The van der Waals surface area contributed by atoms with E-state index in [0.29, 0.717) is 6.10 Å². The summed E-state index contributed by atoms with van der Waals surface area (Å²) in [5, 5.41) is 3.37. The molecule has 2 nitrogen and oxygen atoms in total. The molecule has 2 heteroatoms. The maximum Gasteiger partial charge on any atom is 0.0543 e. The first-order valence-electron chi connectivity index (χ1n) is 5.14. The number of anilines is 1. The minimum Gasteiger partial charge on any atom is -0.385 e. The lowest BCUT2D eigenvalue weighted by Crippen LogP contribution is -2.08. The largest absolute Gasteiger partial charge is 0.385 e. The molecule has 0 heterocycles. The Morgan fingerprint density at radius 3 is 2.64 bits per heavy atom. The van der Waals surface area contributed by atoms with Crippen molar-refractivity contribution in [3.8, 4) is 0 Å². The molecule has 0 aliphatic heterocycles. The van der Waals surface area contributed by atoms with Crippen molar-refractivity contribution in [2.24, 2.45) is 0 Å². The van der Waals surface area contributed by atoms with Crippen molar-refractivity contribution in [1.82, 2.24) is 0 Å². The van der Waals surface area contributed by atoms with Crippen LogP contribution < -0.4 is 5.32 Å². The monoisotopic (exact) mass is 193 g/mol. The van der Waals surface area contributed by atoms with Gasteiger partial charge in [0.15, 0.2) is 0 Å². The minimum atomic E-state index is 0.368. The zero-order valence-corrected chi connectivity index (χ0v) is 8.99. The number of ether oxygens (including phenoxy) is 1. The van der Waals surface area contributed by atoms with Gasteiger partial charge in [-0.3, -0.25) is 0 Å². The van der Waals surface area contributed by atoms with Gasteiger partial charge in [0.2, 0.25) is 0 Å². The summed E-state index contributed by atoms with van der Waals surface area (Å²) in [5.74, 6) is 0. The van der Waals surface area contributed by atoms with E-state index in [1.165, 1.54) is 5.69 Å². The molecular formula is C12H19NO. The zero-order valence-electron chi connectivity index (χ0n) is 8.99. The Morgan fingerprint density at radius 2 is 2.00 bits per heavy atom. The molecule has 78 valence electrons. The molecule has 0 aliphatic carbocycles. The molecule has 0 aromatic heterocycles. The van der Waals surface area contributed by atoms with Gasteiger partial charge in [0.25, 0.3) is 0 Å². The maximum atomic E-state index is 5.17. The SMILES string of the molecule is COC(C)CCCNc1ccccc1. The van der Waals surface area contributed by atoms with Crippen molar-refractivity contribution in [2.45, 2.75) is 25.9 Å². The van der Waals surface area contributed by atoms with E-state index < -0.39 is 0 Å². The van der Waals surface area contributed by atoms with Crippen molar-refractivity contribution in [3.63, 3.8) is 0 Å². The van der Waals surface area contributed by atoms with Gasteiger partial charge in [-0.2, -0.15) is 0 Å². The Morgan fingerprint density at radius 1 is 1.29 bits per heavy atom. The normalized spacial score (nSPS) is 12.4. The van der Waals surface area contributed by atoms with Crippen LogP contribution in [-0.2, 0) is 4.74 Å². The van der Waals surface area contributed by atoms with Crippen molar-refractivity contribution >= 4 is 5.69 Å². The molecule has 1 aromatic rings. The van der Waals surface area contributed by atoms with Crippen LogP contribution in [0.2, 0.25) is 0 Å². The van der Waals surface area contributed by atoms with E-state index in [9.17, 15) is 0 Å². The third kappa shape index (κ3) is 4.28. The summed E-state index contributed by atoms with van der Waals surface area (Å²) in [6, 6.07) is 10.3. The van der Waals surface area contributed by atoms with Crippen molar-refractivity contribution in [3.05, 3.63) is 30.3 Å². The van der Waals surface area contributed by atoms with E-state index in [2.05, 4.69) is 24.4 Å². The zero-order chi connectivity index (χ0) is 10.2. The Balaban J connectivity index is 2.10. The van der Waals surface area contributed by atoms with Gasteiger partial charge in [-0.15, -0.1) is 0 Å². The van der Waals surface area contributed by atoms with Crippen LogP contribution in [0.3, 0.4) is 0 Å². The van der Waals surface area contributed by atoms with Gasteiger partial charge in [0.1, 0.15) is 0 Å². The maximum absolute atomic E-state index is 5.17. The molecule has 0 saturated heterocycles. The summed E-state index contributed by atoms with van der Waals surface area (Å²) in [4.78, 5) is 0. The van der Waals surface area contributed by atoms with Crippen LogP contribution in [0.25, 0.3) is 0 Å². The third-order valence-corrected chi connectivity index (χ3v) is 2.29. The first-order chi connectivity index (χ1) is 6.83. The Bertz CT molecular complexity index is 235. The number of benzene rings is 1. The summed E-state index contributed by atoms with van der Waals surface area (Å²) >= 11 is 0. The van der Waals surface area contributed by atoms with Crippen LogP contribution in [-0.4, -0.2) is 19.8 Å². The van der Waals surface area contributed by atoms with E-state index in [1.807, 2.05) is 18.2 Å². The molecule has 1 unspecified atom stereocenters. The number of hydrogen-bond acceptors (Lipinski definition) is 2. The summed E-state index contributed by atoms with van der Waals surface area (Å²) in [6.45, 7) is 3.11. The lowest BCUT2D eigenvalue weighted by molar-refractivity contribution is 0.110. The van der Waals surface area contributed by atoms with Gasteiger partial charge in [-0.05, 0) is 31.9 Å². The molecule has 0 spiro atoms. The smallest absolute Gasteiger partial charge is 0.0543 e. The number of para-hydroxylation sites is 1. The lowest BCUT2D eigenvalue weighted by Gasteiger charge is -2.10. The summed E-state index contributed by atoms with van der Waals surface area (Å²) < 4.78 is 5.17.